The average molecular weight is 526 g/mol. The second kappa shape index (κ2) is 10.3. The van der Waals surface area contributed by atoms with Crippen molar-refractivity contribution in [2.45, 2.75) is 6.92 Å². The summed E-state index contributed by atoms with van der Waals surface area (Å²) in [4.78, 5) is 39.7. The van der Waals surface area contributed by atoms with Gasteiger partial charge in [0.1, 0.15) is 22.2 Å². The molecule has 0 spiro atoms. The first kappa shape index (κ1) is 25.1. The quantitative estimate of drug-likeness (QED) is 0.403. The van der Waals surface area contributed by atoms with Crippen LogP contribution in [0.3, 0.4) is 0 Å². The minimum absolute atomic E-state index is 0.0888. The van der Waals surface area contributed by atoms with E-state index in [1.54, 1.807) is 67.6 Å². The number of amides is 3. The number of aryl methyl sites for hydroxylation is 1. The van der Waals surface area contributed by atoms with Crippen LogP contribution < -0.4 is 25.0 Å². The lowest BCUT2D eigenvalue weighted by Crippen LogP contribution is -2.32. The Morgan fingerprint density at radius 1 is 0.861 bits per heavy atom. The third-order valence-corrected chi connectivity index (χ3v) is 6.13. The van der Waals surface area contributed by atoms with Crippen LogP contribution in [0.1, 0.15) is 15.9 Å². The zero-order chi connectivity index (χ0) is 26.0. The summed E-state index contributed by atoms with van der Waals surface area (Å²) in [5.41, 5.74) is 2.19. The molecular formula is C26H21Cl2N3O5. The van der Waals surface area contributed by atoms with E-state index in [0.717, 1.165) is 10.5 Å². The molecule has 0 bridgehead atoms. The predicted octanol–water partition coefficient (Wildman–Crippen LogP) is 5.35. The highest BCUT2D eigenvalue weighted by molar-refractivity contribution is 6.53. The smallest absolute Gasteiger partial charge is 0.283 e. The minimum atomic E-state index is -0.662. The Balaban J connectivity index is 1.58. The van der Waals surface area contributed by atoms with Crippen LogP contribution >= 0.6 is 23.2 Å². The average Bonchev–Trinajstić information content (AvgIpc) is 3.09. The van der Waals surface area contributed by atoms with Crippen LogP contribution in [0.5, 0.6) is 11.5 Å². The maximum atomic E-state index is 13.1. The molecule has 0 atom stereocenters. The molecule has 3 aromatic carbocycles. The number of hydrogen-bond acceptors (Lipinski definition) is 6. The van der Waals surface area contributed by atoms with Crippen molar-refractivity contribution in [1.82, 2.24) is 0 Å². The van der Waals surface area contributed by atoms with E-state index in [1.807, 2.05) is 0 Å². The molecule has 3 aromatic rings. The molecular weight excluding hydrogens is 505 g/mol. The highest BCUT2D eigenvalue weighted by Crippen LogP contribution is 2.32. The van der Waals surface area contributed by atoms with Crippen LogP contribution in [0.15, 0.2) is 71.4 Å². The fourth-order valence-electron chi connectivity index (χ4n) is 3.56. The van der Waals surface area contributed by atoms with Crippen molar-refractivity contribution in [3.05, 3.63) is 87.5 Å². The summed E-state index contributed by atoms with van der Waals surface area (Å²) < 4.78 is 10.5. The van der Waals surface area contributed by atoms with Gasteiger partial charge in [0.15, 0.2) is 0 Å². The van der Waals surface area contributed by atoms with E-state index in [-0.39, 0.29) is 10.7 Å². The van der Waals surface area contributed by atoms with Crippen LogP contribution in [-0.4, -0.2) is 31.9 Å². The zero-order valence-electron chi connectivity index (χ0n) is 19.5. The SMILES string of the molecule is COc1ccc(NC(=O)c2ccc(C)c(NC3=C(Cl)C(=O)N(c4ccc(Cl)cc4)C3=O)c2)c(OC)c1. The molecule has 10 heteroatoms. The van der Waals surface area contributed by atoms with Crippen molar-refractivity contribution in [2.24, 2.45) is 0 Å². The Bertz CT molecular complexity index is 1400. The molecule has 8 nitrogen and oxygen atoms in total. The van der Waals surface area contributed by atoms with Crippen molar-refractivity contribution in [3.8, 4) is 11.5 Å². The summed E-state index contributed by atoms with van der Waals surface area (Å²) >= 11 is 12.2. The second-order valence-corrected chi connectivity index (χ2v) is 8.60. The van der Waals surface area contributed by atoms with Crippen molar-refractivity contribution in [2.75, 3.05) is 29.8 Å². The molecule has 0 aromatic heterocycles. The fourth-order valence-corrected chi connectivity index (χ4v) is 3.90. The summed E-state index contributed by atoms with van der Waals surface area (Å²) in [6, 6.07) is 16.2. The van der Waals surface area contributed by atoms with E-state index in [4.69, 9.17) is 32.7 Å². The van der Waals surface area contributed by atoms with Gasteiger partial charge in [-0.1, -0.05) is 29.3 Å². The van der Waals surface area contributed by atoms with Gasteiger partial charge < -0.3 is 20.1 Å². The predicted molar refractivity (Wildman–Crippen MR) is 139 cm³/mol. The Kier molecular flexibility index (Phi) is 7.19. The van der Waals surface area contributed by atoms with Gasteiger partial charge in [-0.3, -0.25) is 14.4 Å². The van der Waals surface area contributed by atoms with E-state index in [2.05, 4.69) is 10.6 Å². The number of methoxy groups -OCH3 is 2. The summed E-state index contributed by atoms with van der Waals surface area (Å²) in [5, 5.41) is 5.95. The van der Waals surface area contributed by atoms with Crippen LogP contribution in [0, 0.1) is 6.92 Å². The minimum Gasteiger partial charge on any atom is -0.497 e. The van der Waals surface area contributed by atoms with Crippen molar-refractivity contribution in [1.29, 1.82) is 0 Å². The van der Waals surface area contributed by atoms with Crippen molar-refractivity contribution in [3.63, 3.8) is 0 Å². The first-order valence-electron chi connectivity index (χ1n) is 10.7. The number of anilines is 3. The Labute approximate surface area is 217 Å². The molecule has 184 valence electrons. The van der Waals surface area contributed by atoms with Gasteiger partial charge in [-0.25, -0.2) is 4.90 Å². The number of ether oxygens (including phenoxy) is 2. The molecule has 0 unspecified atom stereocenters. The van der Waals surface area contributed by atoms with Gasteiger partial charge >= 0.3 is 0 Å². The van der Waals surface area contributed by atoms with Gasteiger partial charge in [0.25, 0.3) is 17.7 Å². The molecule has 1 aliphatic rings. The molecule has 1 heterocycles. The summed E-state index contributed by atoms with van der Waals surface area (Å²) in [5.74, 6) is -0.671. The number of carbonyl (C=O) groups excluding carboxylic acids is 3. The summed E-state index contributed by atoms with van der Waals surface area (Å²) in [6.07, 6.45) is 0. The summed E-state index contributed by atoms with van der Waals surface area (Å²) in [6.45, 7) is 1.79. The van der Waals surface area contributed by atoms with Gasteiger partial charge in [-0.05, 0) is 61.0 Å². The van der Waals surface area contributed by atoms with Crippen LogP contribution in [-0.2, 0) is 9.59 Å². The Morgan fingerprint density at radius 3 is 2.25 bits per heavy atom. The number of imide groups is 1. The molecule has 4 rings (SSSR count). The Morgan fingerprint density at radius 2 is 1.58 bits per heavy atom. The lowest BCUT2D eigenvalue weighted by atomic mass is 10.1. The topological polar surface area (TPSA) is 97.0 Å². The molecule has 0 fully saturated rings. The Hall–Kier alpha value is -4.01. The molecule has 2 N–H and O–H groups in total. The molecule has 36 heavy (non-hydrogen) atoms. The van der Waals surface area contributed by atoms with Gasteiger partial charge in [-0.15, -0.1) is 0 Å². The summed E-state index contributed by atoms with van der Waals surface area (Å²) in [7, 11) is 3.02. The molecule has 0 radical (unpaired) electrons. The highest BCUT2D eigenvalue weighted by atomic mass is 35.5. The number of hydrogen-bond donors (Lipinski definition) is 2. The van der Waals surface area contributed by atoms with Gasteiger partial charge in [-0.2, -0.15) is 0 Å². The molecule has 3 amide bonds. The van der Waals surface area contributed by atoms with E-state index in [9.17, 15) is 14.4 Å². The second-order valence-electron chi connectivity index (χ2n) is 7.79. The largest absolute Gasteiger partial charge is 0.497 e. The molecule has 1 aliphatic heterocycles. The van der Waals surface area contributed by atoms with Crippen molar-refractivity contribution < 1.29 is 23.9 Å². The number of nitrogens with one attached hydrogen (secondary N) is 2. The third-order valence-electron chi connectivity index (χ3n) is 5.53. The first-order valence-corrected chi connectivity index (χ1v) is 11.4. The standard InChI is InChI=1S/C26H21Cl2N3O5/c1-14-4-5-15(24(32)30-19-11-10-18(35-2)13-21(19)36-3)12-20(14)29-23-22(28)25(33)31(26(23)34)17-8-6-16(27)7-9-17/h4-13,29H,1-3H3,(H,30,32). The zero-order valence-corrected chi connectivity index (χ0v) is 21.0. The van der Waals surface area contributed by atoms with E-state index in [0.29, 0.717) is 39.1 Å². The molecule has 0 saturated carbocycles. The van der Waals surface area contributed by atoms with E-state index < -0.39 is 17.7 Å². The van der Waals surface area contributed by atoms with E-state index >= 15 is 0 Å². The molecule has 0 saturated heterocycles. The number of nitrogens with zero attached hydrogens (tertiary/aromatic N) is 1. The monoisotopic (exact) mass is 525 g/mol. The van der Waals surface area contributed by atoms with Crippen LogP contribution in [0.2, 0.25) is 5.02 Å². The lowest BCUT2D eigenvalue weighted by Gasteiger charge is -2.16. The fraction of sp³-hybridized carbons (Fsp3) is 0.115. The van der Waals surface area contributed by atoms with Gasteiger partial charge in [0, 0.05) is 22.3 Å². The van der Waals surface area contributed by atoms with Crippen molar-refractivity contribution >= 4 is 58.0 Å². The normalized spacial score (nSPS) is 13.2. The lowest BCUT2D eigenvalue weighted by molar-refractivity contribution is -0.120. The molecule has 0 aliphatic carbocycles. The first-order chi connectivity index (χ1) is 17.2. The number of halogens is 2. The number of rotatable bonds is 7. The third kappa shape index (κ3) is 4.86. The maximum absolute atomic E-state index is 13.1. The highest BCUT2D eigenvalue weighted by Gasteiger charge is 2.39. The van der Waals surface area contributed by atoms with Gasteiger partial charge in [0.2, 0.25) is 0 Å². The maximum Gasteiger partial charge on any atom is 0.283 e. The van der Waals surface area contributed by atoms with E-state index in [1.165, 1.54) is 14.2 Å². The van der Waals surface area contributed by atoms with Crippen LogP contribution in [0.25, 0.3) is 0 Å². The number of carbonyl (C=O) groups is 3. The van der Waals surface area contributed by atoms with Crippen LogP contribution in [0.4, 0.5) is 17.1 Å². The number of benzene rings is 3. The van der Waals surface area contributed by atoms with Gasteiger partial charge in [0.05, 0.1) is 25.6 Å².